The molecule has 4 N–H and O–H groups in total. The molecule has 1 aromatic rings. The molecule has 1 unspecified atom stereocenters. The first-order chi connectivity index (χ1) is 21.2. The number of carbonyl (C=O) groups is 5. The van der Waals surface area contributed by atoms with Crippen molar-refractivity contribution in [3.63, 3.8) is 0 Å². The van der Waals surface area contributed by atoms with Gasteiger partial charge in [-0.05, 0) is 65.5 Å². The first-order valence-electron chi connectivity index (χ1n) is 15.3. The van der Waals surface area contributed by atoms with Crippen LogP contribution in [-0.2, 0) is 23.9 Å². The molecule has 0 bridgehead atoms. The third kappa shape index (κ3) is 8.70. The zero-order valence-electron chi connectivity index (χ0n) is 26.0. The van der Waals surface area contributed by atoms with Crippen LogP contribution in [0.3, 0.4) is 0 Å². The molecule has 6 atom stereocenters. The molecule has 246 valence electrons. The number of carboxylic acids is 1. The monoisotopic (exact) mass is 631 g/mol. The molecule has 4 amide bonds. The first-order valence-corrected chi connectivity index (χ1v) is 15.3. The maximum Gasteiger partial charge on any atom is 0.408 e. The molecule has 4 rings (SSSR count). The molecule has 45 heavy (non-hydrogen) atoms. The minimum atomic E-state index is -1.50. The van der Waals surface area contributed by atoms with Crippen molar-refractivity contribution in [3.05, 3.63) is 42.0 Å². The highest BCUT2D eigenvalue weighted by molar-refractivity contribution is 5.96. The van der Waals surface area contributed by atoms with Gasteiger partial charge in [0.15, 0.2) is 0 Å². The average molecular weight is 632 g/mol. The van der Waals surface area contributed by atoms with Gasteiger partial charge < -0.3 is 35.4 Å². The van der Waals surface area contributed by atoms with Gasteiger partial charge in [0.1, 0.15) is 35.1 Å². The second-order valence-corrected chi connectivity index (χ2v) is 12.9. The summed E-state index contributed by atoms with van der Waals surface area (Å²) in [5.41, 5.74) is -1.91. The van der Waals surface area contributed by atoms with Gasteiger partial charge in [0.2, 0.25) is 11.8 Å². The maximum atomic E-state index is 14.0. The number of amides is 4. The van der Waals surface area contributed by atoms with E-state index >= 15 is 0 Å². The van der Waals surface area contributed by atoms with Gasteiger partial charge in [-0.3, -0.25) is 14.6 Å². The number of ether oxygens (including phenoxy) is 2. The fourth-order valence-corrected chi connectivity index (χ4v) is 5.68. The molecule has 14 heteroatoms. The summed E-state index contributed by atoms with van der Waals surface area (Å²) in [6.07, 6.45) is 5.47. The quantitative estimate of drug-likeness (QED) is 0.355. The lowest BCUT2D eigenvalue weighted by atomic mass is 10.0. The van der Waals surface area contributed by atoms with Crippen LogP contribution in [0.25, 0.3) is 0 Å². The predicted octanol–water partition coefficient (Wildman–Crippen LogP) is 3.35. The van der Waals surface area contributed by atoms with Crippen molar-refractivity contribution in [3.8, 4) is 0 Å². The van der Waals surface area contributed by atoms with Crippen molar-refractivity contribution in [2.75, 3.05) is 6.54 Å². The molecule has 1 saturated carbocycles. The van der Waals surface area contributed by atoms with E-state index in [0.29, 0.717) is 18.5 Å². The van der Waals surface area contributed by atoms with Crippen LogP contribution in [0.1, 0.15) is 84.4 Å². The van der Waals surface area contributed by atoms with Crippen LogP contribution in [-0.4, -0.2) is 80.8 Å². The summed E-state index contributed by atoms with van der Waals surface area (Å²) in [7, 11) is 0. The highest BCUT2D eigenvalue weighted by atomic mass is 19.1. The number of carboxylic acid groups (broad SMARTS) is 1. The first kappa shape index (κ1) is 33.7. The van der Waals surface area contributed by atoms with Crippen molar-refractivity contribution in [2.45, 2.75) is 108 Å². The van der Waals surface area contributed by atoms with Crippen molar-refractivity contribution in [1.29, 1.82) is 0 Å². The predicted molar refractivity (Wildman–Crippen MR) is 158 cm³/mol. The number of nitrogens with one attached hydrogen (secondary N) is 3. The van der Waals surface area contributed by atoms with Gasteiger partial charge in [-0.25, -0.2) is 18.8 Å². The van der Waals surface area contributed by atoms with E-state index in [9.17, 15) is 33.5 Å². The number of hydrogen-bond donors (Lipinski definition) is 4. The Morgan fingerprint density at radius 1 is 1.18 bits per heavy atom. The molecule has 1 aromatic heterocycles. The summed E-state index contributed by atoms with van der Waals surface area (Å²) < 4.78 is 24.2. The largest absolute Gasteiger partial charge is 0.479 e. The Labute approximate surface area is 261 Å². The minimum Gasteiger partial charge on any atom is -0.479 e. The lowest BCUT2D eigenvalue weighted by Crippen LogP contribution is -2.56. The molecule has 0 spiro atoms. The number of aromatic nitrogens is 1. The SMILES string of the molecule is C[C@@H](NC(=O)O[C@@H]1CC2C(=O)N[C@]3(C(=O)O)C[C@H]3C=CCCCCC[C@H](NC(=O)OC(C)(C)C)C(=O)N2C1)c1ccc(F)cn1. The van der Waals surface area contributed by atoms with Gasteiger partial charge in [0.05, 0.1) is 24.5 Å². The summed E-state index contributed by atoms with van der Waals surface area (Å²) in [6.45, 7) is 6.56. The second kappa shape index (κ2) is 13.8. The summed E-state index contributed by atoms with van der Waals surface area (Å²) in [5.74, 6) is -3.35. The normalized spacial score (nSPS) is 27.9. The van der Waals surface area contributed by atoms with Crippen LogP contribution in [0.4, 0.5) is 14.0 Å². The van der Waals surface area contributed by atoms with Crippen LogP contribution < -0.4 is 16.0 Å². The molecule has 1 saturated heterocycles. The molecular formula is C31H42FN5O8. The Hall–Kier alpha value is -4.23. The Bertz CT molecular complexity index is 1320. The molecule has 2 aliphatic heterocycles. The van der Waals surface area contributed by atoms with E-state index in [1.54, 1.807) is 27.7 Å². The zero-order valence-corrected chi connectivity index (χ0v) is 26.0. The minimum absolute atomic E-state index is 0.0937. The van der Waals surface area contributed by atoms with E-state index in [2.05, 4.69) is 20.9 Å². The van der Waals surface area contributed by atoms with Gasteiger partial charge >= 0.3 is 18.2 Å². The van der Waals surface area contributed by atoms with Crippen molar-refractivity contribution in [2.24, 2.45) is 5.92 Å². The third-order valence-electron chi connectivity index (χ3n) is 8.11. The summed E-state index contributed by atoms with van der Waals surface area (Å²) in [6, 6.07) is -0.195. The fourth-order valence-electron chi connectivity index (χ4n) is 5.68. The van der Waals surface area contributed by atoms with Crippen LogP contribution in [0.15, 0.2) is 30.5 Å². The lowest BCUT2D eigenvalue weighted by Gasteiger charge is -2.30. The molecular weight excluding hydrogens is 589 g/mol. The lowest BCUT2D eigenvalue weighted by molar-refractivity contribution is -0.145. The Morgan fingerprint density at radius 3 is 2.60 bits per heavy atom. The molecule has 13 nitrogen and oxygen atoms in total. The van der Waals surface area contributed by atoms with Crippen LogP contribution in [0.2, 0.25) is 0 Å². The van der Waals surface area contributed by atoms with Crippen molar-refractivity contribution < 1.29 is 42.9 Å². The van der Waals surface area contributed by atoms with Gasteiger partial charge in [-0.1, -0.05) is 25.0 Å². The molecule has 0 radical (unpaired) electrons. The van der Waals surface area contributed by atoms with Crippen LogP contribution in [0.5, 0.6) is 0 Å². The number of fused-ring (bicyclic) bond motifs is 2. The number of nitrogens with zero attached hydrogens (tertiary/aromatic N) is 2. The number of allylic oxidation sites excluding steroid dienone is 1. The highest BCUT2D eigenvalue weighted by Crippen LogP contribution is 2.45. The smallest absolute Gasteiger partial charge is 0.408 e. The van der Waals surface area contributed by atoms with Gasteiger partial charge in [-0.15, -0.1) is 0 Å². The van der Waals surface area contributed by atoms with E-state index in [-0.39, 0.29) is 25.8 Å². The van der Waals surface area contributed by atoms with E-state index in [0.717, 1.165) is 19.0 Å². The zero-order chi connectivity index (χ0) is 32.9. The third-order valence-corrected chi connectivity index (χ3v) is 8.11. The van der Waals surface area contributed by atoms with Gasteiger partial charge in [0, 0.05) is 12.3 Å². The number of hydrogen-bond acceptors (Lipinski definition) is 8. The topological polar surface area (TPSA) is 176 Å². The van der Waals surface area contributed by atoms with E-state index < -0.39 is 77.1 Å². The number of alkyl carbamates (subject to hydrolysis) is 2. The van der Waals surface area contributed by atoms with Crippen LogP contribution >= 0.6 is 0 Å². The summed E-state index contributed by atoms with van der Waals surface area (Å²) >= 11 is 0. The Morgan fingerprint density at radius 2 is 1.93 bits per heavy atom. The molecule has 1 aliphatic carbocycles. The van der Waals surface area contributed by atoms with E-state index in [1.807, 2.05) is 12.2 Å². The molecule has 3 aliphatic rings. The summed E-state index contributed by atoms with van der Waals surface area (Å²) in [4.78, 5) is 70.6. The molecule has 3 heterocycles. The van der Waals surface area contributed by atoms with E-state index in [1.165, 1.54) is 17.0 Å². The average Bonchev–Trinajstić information content (AvgIpc) is 3.48. The number of aliphatic carboxylic acids is 1. The van der Waals surface area contributed by atoms with Gasteiger partial charge in [0.25, 0.3) is 0 Å². The second-order valence-electron chi connectivity index (χ2n) is 12.9. The number of pyridine rings is 1. The van der Waals surface area contributed by atoms with Crippen molar-refractivity contribution in [1.82, 2.24) is 25.8 Å². The fraction of sp³-hybridized carbons (Fsp3) is 0.613. The number of halogens is 1. The Balaban J connectivity index is 1.55. The maximum absolute atomic E-state index is 14.0. The summed E-state index contributed by atoms with van der Waals surface area (Å²) in [5, 5.41) is 17.9. The molecule has 0 aromatic carbocycles. The highest BCUT2D eigenvalue weighted by Gasteiger charge is 2.61. The standard InChI is InChI=1S/C31H42FN5O8/c1-18(22-13-12-20(32)16-33-22)34-28(42)44-21-14-24-25(38)36-31(27(40)41)15-19(31)10-8-6-5-7-9-11-23(26(39)37(24)17-21)35-29(43)45-30(2,3)4/h8,10,12-13,16,18-19,21,23-24H,5-7,9,11,14-15,17H2,1-4H3,(H,34,42)(H,35,43)(H,36,38)(H,40,41)/t18-,19-,21-,23+,24?,31-/m1/s1. The van der Waals surface area contributed by atoms with Gasteiger partial charge in [-0.2, -0.15) is 0 Å². The van der Waals surface area contributed by atoms with Crippen LogP contribution in [0, 0.1) is 11.7 Å². The van der Waals surface area contributed by atoms with Crippen molar-refractivity contribution >= 4 is 30.0 Å². The molecule has 2 fully saturated rings. The number of rotatable bonds is 5. The Kier molecular flexibility index (Phi) is 10.3. The van der Waals surface area contributed by atoms with E-state index in [4.69, 9.17) is 9.47 Å². The number of carbonyl (C=O) groups excluding carboxylic acids is 4.